The third kappa shape index (κ3) is 5.01. The van der Waals surface area contributed by atoms with Crippen LogP contribution in [0.25, 0.3) is 0 Å². The quantitative estimate of drug-likeness (QED) is 0.647. The van der Waals surface area contributed by atoms with Crippen LogP contribution in [0.5, 0.6) is 5.75 Å². The molecule has 2 aliphatic rings. The summed E-state index contributed by atoms with van der Waals surface area (Å²) in [6, 6.07) is 14.2. The Kier molecular flexibility index (Phi) is 6.88. The number of hydrogen-bond donors (Lipinski definition) is 1. The van der Waals surface area contributed by atoms with E-state index >= 15 is 0 Å². The molecule has 2 heterocycles. The Bertz CT molecular complexity index is 889. The molecule has 29 heavy (non-hydrogen) atoms. The van der Waals surface area contributed by atoms with Crippen LogP contribution in [-0.2, 0) is 11.3 Å². The summed E-state index contributed by atoms with van der Waals surface area (Å²) in [5, 5.41) is 12.8. The number of fused-ring (bicyclic) bond motifs is 1. The Labute approximate surface area is 188 Å². The lowest BCUT2D eigenvalue weighted by molar-refractivity contribution is -0.0331. The van der Waals surface area contributed by atoms with Gasteiger partial charge in [-0.2, -0.15) is 5.26 Å². The first kappa shape index (κ1) is 20.8. The van der Waals surface area contributed by atoms with E-state index in [1.165, 1.54) is 0 Å². The fourth-order valence-electron chi connectivity index (χ4n) is 4.09. The van der Waals surface area contributed by atoms with E-state index in [9.17, 15) is 5.26 Å². The van der Waals surface area contributed by atoms with Crippen LogP contribution in [0, 0.1) is 11.3 Å². The van der Waals surface area contributed by atoms with E-state index < -0.39 is 0 Å². The zero-order valence-corrected chi connectivity index (χ0v) is 19.2. The number of nitrogens with one attached hydrogen (secondary N) is 1. The summed E-state index contributed by atoms with van der Waals surface area (Å²) in [6.45, 7) is 4.94. The molecule has 1 fully saturated rings. The molecule has 7 heteroatoms. The maximum Gasteiger partial charge on any atom is 0.124 e. The van der Waals surface area contributed by atoms with E-state index in [1.54, 1.807) is 0 Å². The minimum atomic E-state index is -0.0129. The molecule has 0 spiro atoms. The molecule has 2 aromatic carbocycles. The van der Waals surface area contributed by atoms with Crippen molar-refractivity contribution in [2.24, 2.45) is 0 Å². The van der Waals surface area contributed by atoms with Gasteiger partial charge in [-0.15, -0.1) is 0 Å². The van der Waals surface area contributed by atoms with E-state index in [0.29, 0.717) is 18.8 Å². The summed E-state index contributed by atoms with van der Waals surface area (Å²) in [4.78, 5) is 2.46. The molecule has 0 aromatic heterocycles. The van der Waals surface area contributed by atoms with Crippen LogP contribution in [0.2, 0.25) is 0 Å². The summed E-state index contributed by atoms with van der Waals surface area (Å²) in [6.07, 6.45) is 0.793. The van der Waals surface area contributed by atoms with Crippen molar-refractivity contribution in [3.05, 3.63) is 62.0 Å². The van der Waals surface area contributed by atoms with Crippen molar-refractivity contribution in [1.29, 1.82) is 5.26 Å². The van der Waals surface area contributed by atoms with Gasteiger partial charge in [-0.1, -0.05) is 31.9 Å². The van der Waals surface area contributed by atoms with Gasteiger partial charge >= 0.3 is 0 Å². The summed E-state index contributed by atoms with van der Waals surface area (Å²) in [5.74, 6) is 0.865. The van der Waals surface area contributed by atoms with Crippen LogP contribution in [0.1, 0.15) is 29.2 Å². The average Bonchev–Trinajstić information content (AvgIpc) is 2.90. The lowest BCUT2D eigenvalue weighted by Gasteiger charge is -2.38. The number of piperazine rings is 1. The van der Waals surface area contributed by atoms with Crippen molar-refractivity contribution in [1.82, 2.24) is 10.2 Å². The lowest BCUT2D eigenvalue weighted by atomic mass is 9.95. The molecule has 4 rings (SSSR count). The van der Waals surface area contributed by atoms with E-state index in [0.717, 1.165) is 58.4 Å². The number of nitriles is 1. The Morgan fingerprint density at radius 1 is 1.14 bits per heavy atom. The predicted molar refractivity (Wildman–Crippen MR) is 119 cm³/mol. The smallest absolute Gasteiger partial charge is 0.124 e. The topological polar surface area (TPSA) is 57.5 Å². The molecule has 0 aliphatic carbocycles. The number of nitrogens with zero attached hydrogens (tertiary/aromatic N) is 2. The molecule has 5 nitrogen and oxygen atoms in total. The zero-order chi connectivity index (χ0) is 20.2. The Morgan fingerprint density at radius 3 is 2.62 bits per heavy atom. The second-order valence-electron chi connectivity index (χ2n) is 7.36. The number of ether oxygens (including phenoxy) is 2. The number of benzene rings is 2. The molecule has 0 radical (unpaired) electrons. The molecule has 0 bridgehead atoms. The molecule has 2 atom stereocenters. The third-order valence-electron chi connectivity index (χ3n) is 5.40. The second kappa shape index (κ2) is 9.59. The Balaban J connectivity index is 1.63. The number of hydrogen-bond acceptors (Lipinski definition) is 5. The van der Waals surface area contributed by atoms with Gasteiger partial charge in [0.15, 0.2) is 0 Å². The highest BCUT2D eigenvalue weighted by Crippen LogP contribution is 2.38. The van der Waals surface area contributed by atoms with E-state index in [2.05, 4.69) is 60.3 Å². The van der Waals surface area contributed by atoms with Crippen LogP contribution >= 0.6 is 31.9 Å². The largest absolute Gasteiger partial charge is 0.493 e. The molecule has 0 unspecified atom stereocenters. The van der Waals surface area contributed by atoms with Crippen LogP contribution in [0.15, 0.2) is 45.3 Å². The van der Waals surface area contributed by atoms with Crippen molar-refractivity contribution in [3.63, 3.8) is 0 Å². The van der Waals surface area contributed by atoms with Gasteiger partial charge in [0.1, 0.15) is 5.75 Å². The van der Waals surface area contributed by atoms with Crippen molar-refractivity contribution < 1.29 is 9.47 Å². The standard InChI is InChI=1S/C22H23Br2N3O2/c23-17-9-16(10-18(24)12-17)14-29-21-3-8-28-20-2-1-15(13-25)11-19(20)22(21)27-6-4-26-5-7-27/h1-2,9-12,21-22,26H,3-8,14H2/t21-,22-/m0/s1. The maximum atomic E-state index is 9.42. The van der Waals surface area contributed by atoms with Gasteiger partial charge in [-0.05, 0) is 42.0 Å². The normalized spacial score (nSPS) is 22.2. The first-order chi connectivity index (χ1) is 14.1. The maximum absolute atomic E-state index is 9.42. The first-order valence-electron chi connectivity index (χ1n) is 9.82. The van der Waals surface area contributed by atoms with Crippen LogP contribution in [0.3, 0.4) is 0 Å². The summed E-state index contributed by atoms with van der Waals surface area (Å²) < 4.78 is 14.6. The zero-order valence-electron chi connectivity index (χ0n) is 16.0. The summed E-state index contributed by atoms with van der Waals surface area (Å²) in [7, 11) is 0. The molecule has 2 aromatic rings. The number of rotatable bonds is 4. The van der Waals surface area contributed by atoms with Crippen molar-refractivity contribution in [2.45, 2.75) is 25.2 Å². The molecule has 1 saturated heterocycles. The first-order valence-corrected chi connectivity index (χ1v) is 11.4. The van der Waals surface area contributed by atoms with Gasteiger partial charge in [-0.25, -0.2) is 0 Å². The Hall–Kier alpha value is -1.43. The third-order valence-corrected chi connectivity index (χ3v) is 6.32. The van der Waals surface area contributed by atoms with Crippen LogP contribution in [0.4, 0.5) is 0 Å². The number of halogens is 2. The molecular weight excluding hydrogens is 498 g/mol. The van der Waals surface area contributed by atoms with Crippen LogP contribution in [-0.4, -0.2) is 43.8 Å². The SMILES string of the molecule is N#Cc1ccc2c(c1)[C@H](N1CCNCC1)[C@@H](OCc1cc(Br)cc(Br)c1)CCO2. The summed E-state index contributed by atoms with van der Waals surface area (Å²) in [5.41, 5.74) is 2.83. The minimum absolute atomic E-state index is 0.0129. The second-order valence-corrected chi connectivity index (χ2v) is 9.19. The average molecular weight is 521 g/mol. The minimum Gasteiger partial charge on any atom is -0.493 e. The highest BCUT2D eigenvalue weighted by Gasteiger charge is 2.35. The monoisotopic (exact) mass is 519 g/mol. The predicted octanol–water partition coefficient (Wildman–Crippen LogP) is 4.40. The molecule has 1 N–H and O–H groups in total. The highest BCUT2D eigenvalue weighted by molar-refractivity contribution is 9.11. The van der Waals surface area contributed by atoms with Gasteiger partial charge in [0.25, 0.3) is 0 Å². The van der Waals surface area contributed by atoms with E-state index in [1.807, 2.05) is 24.3 Å². The van der Waals surface area contributed by atoms with E-state index in [4.69, 9.17) is 9.47 Å². The highest BCUT2D eigenvalue weighted by atomic mass is 79.9. The van der Waals surface area contributed by atoms with Gasteiger partial charge in [0, 0.05) is 47.1 Å². The molecule has 2 aliphatic heterocycles. The fraction of sp³-hybridized carbons (Fsp3) is 0.409. The Morgan fingerprint density at radius 2 is 1.90 bits per heavy atom. The van der Waals surface area contributed by atoms with Crippen molar-refractivity contribution in [3.8, 4) is 11.8 Å². The fourth-order valence-corrected chi connectivity index (χ4v) is 5.48. The lowest BCUT2D eigenvalue weighted by Crippen LogP contribution is -2.48. The van der Waals surface area contributed by atoms with Crippen molar-refractivity contribution in [2.75, 3.05) is 32.8 Å². The molecule has 0 saturated carbocycles. The van der Waals surface area contributed by atoms with Crippen molar-refractivity contribution >= 4 is 31.9 Å². The van der Waals surface area contributed by atoms with Crippen LogP contribution < -0.4 is 10.1 Å². The van der Waals surface area contributed by atoms with Gasteiger partial charge in [0.05, 0.1) is 37.0 Å². The molecular formula is C22H23Br2N3O2. The van der Waals surface area contributed by atoms with Gasteiger partial charge in [0.2, 0.25) is 0 Å². The molecule has 0 amide bonds. The van der Waals surface area contributed by atoms with Gasteiger partial charge in [-0.3, -0.25) is 4.90 Å². The van der Waals surface area contributed by atoms with Gasteiger partial charge < -0.3 is 14.8 Å². The molecule has 152 valence electrons. The van der Waals surface area contributed by atoms with E-state index in [-0.39, 0.29) is 12.1 Å². The summed E-state index contributed by atoms with van der Waals surface area (Å²) >= 11 is 7.10.